The molecule has 14 heteroatoms. The second-order valence-corrected chi connectivity index (χ2v) is 12.3. The number of carboxylic acids is 1. The number of thiophene rings is 1. The molecule has 0 saturated carbocycles. The highest BCUT2D eigenvalue weighted by Crippen LogP contribution is 2.63. The zero-order valence-corrected chi connectivity index (χ0v) is 22.6. The van der Waals surface area contributed by atoms with Crippen molar-refractivity contribution in [1.82, 2.24) is 15.1 Å². The van der Waals surface area contributed by atoms with Crippen LogP contribution in [-0.4, -0.2) is 82.0 Å². The number of aliphatic carboxylic acids is 1. The van der Waals surface area contributed by atoms with E-state index in [0.717, 1.165) is 23.5 Å². The van der Waals surface area contributed by atoms with Gasteiger partial charge in [-0.3, -0.25) is 14.2 Å². The molecule has 1 unspecified atom stereocenters. The fourth-order valence-corrected chi connectivity index (χ4v) is 6.99. The van der Waals surface area contributed by atoms with E-state index in [1.165, 1.54) is 24.0 Å². The van der Waals surface area contributed by atoms with Crippen LogP contribution in [0.4, 0.5) is 8.78 Å². The first-order valence-corrected chi connectivity index (χ1v) is 14.8. The van der Waals surface area contributed by atoms with Crippen LogP contribution in [0.2, 0.25) is 0 Å². The minimum atomic E-state index is -5.27. The first-order chi connectivity index (χ1) is 17.9. The summed E-state index contributed by atoms with van der Waals surface area (Å²) in [5.41, 5.74) is -4.87. The average Bonchev–Trinajstić information content (AvgIpc) is 3.48. The molecule has 4 atom stereocenters. The number of alkyl halides is 2. The summed E-state index contributed by atoms with van der Waals surface area (Å²) >= 11 is 1.02. The molecule has 2 fully saturated rings. The molecule has 2 aromatic rings. The SMILES string of the molecule is CCOP(=O)(O)C(F)(F)c1ccc2sc(C(=O)N[C@H]3CN(CC)CC[C@H]4CC[C@@H](C(=O)O)N4C3=O)cc2c1. The number of nitrogens with one attached hydrogen (secondary N) is 1. The Kier molecular flexibility index (Phi) is 8.25. The second-order valence-electron chi connectivity index (χ2n) is 9.38. The number of carbonyl (C=O) groups is 3. The zero-order valence-electron chi connectivity index (χ0n) is 20.9. The number of likely N-dealkylation sites (N-methyl/N-ethyl adjacent to an activating group) is 1. The van der Waals surface area contributed by atoms with Crippen LogP contribution in [0.1, 0.15) is 48.3 Å². The summed E-state index contributed by atoms with van der Waals surface area (Å²) in [5.74, 6) is -2.13. The molecule has 0 radical (unpaired) electrons. The van der Waals surface area contributed by atoms with Gasteiger partial charge in [-0.1, -0.05) is 13.0 Å². The summed E-state index contributed by atoms with van der Waals surface area (Å²) in [6.07, 6.45) is 1.58. The first kappa shape index (κ1) is 28.6. The number of halogens is 2. The maximum atomic E-state index is 14.7. The molecule has 0 bridgehead atoms. The molecule has 38 heavy (non-hydrogen) atoms. The van der Waals surface area contributed by atoms with Gasteiger partial charge in [0, 0.05) is 29.4 Å². The summed E-state index contributed by atoms with van der Waals surface area (Å²) in [5, 5.41) is 12.6. The van der Waals surface area contributed by atoms with E-state index in [0.29, 0.717) is 37.1 Å². The van der Waals surface area contributed by atoms with Crippen molar-refractivity contribution in [2.24, 2.45) is 0 Å². The highest BCUT2D eigenvalue weighted by molar-refractivity contribution is 7.53. The number of amides is 2. The van der Waals surface area contributed by atoms with E-state index in [9.17, 15) is 37.7 Å². The van der Waals surface area contributed by atoms with Crippen molar-refractivity contribution in [2.75, 3.05) is 26.2 Å². The van der Waals surface area contributed by atoms with E-state index in [1.807, 2.05) is 11.8 Å². The number of carbonyl (C=O) groups excluding carboxylic acids is 2. The molecule has 0 aliphatic carbocycles. The highest BCUT2D eigenvalue weighted by Gasteiger charge is 2.52. The van der Waals surface area contributed by atoms with Crippen LogP contribution in [0.5, 0.6) is 0 Å². The van der Waals surface area contributed by atoms with Crippen molar-refractivity contribution in [1.29, 1.82) is 0 Å². The Labute approximate surface area is 222 Å². The molecule has 3 heterocycles. The fourth-order valence-electron chi connectivity index (χ4n) is 5.07. The van der Waals surface area contributed by atoms with Gasteiger partial charge in [-0.15, -0.1) is 11.3 Å². The van der Waals surface area contributed by atoms with Crippen LogP contribution >= 0.6 is 18.9 Å². The maximum absolute atomic E-state index is 14.7. The molecule has 2 amide bonds. The monoisotopic (exact) mass is 573 g/mol. The van der Waals surface area contributed by atoms with Crippen LogP contribution in [0.3, 0.4) is 0 Å². The third-order valence-electron chi connectivity index (χ3n) is 7.06. The third kappa shape index (κ3) is 5.35. The minimum absolute atomic E-state index is 0.156. The Morgan fingerprint density at radius 2 is 1.97 bits per heavy atom. The lowest BCUT2D eigenvalue weighted by molar-refractivity contribution is -0.151. The van der Waals surface area contributed by atoms with Gasteiger partial charge >= 0.3 is 19.2 Å². The molecule has 1 aromatic carbocycles. The third-order valence-corrected chi connectivity index (χ3v) is 9.75. The Balaban J connectivity index is 1.59. The van der Waals surface area contributed by atoms with E-state index in [1.54, 1.807) is 0 Å². The van der Waals surface area contributed by atoms with Gasteiger partial charge in [0.05, 0.1) is 11.5 Å². The lowest BCUT2D eigenvalue weighted by atomic mass is 10.1. The number of hydrogen-bond acceptors (Lipinski definition) is 7. The summed E-state index contributed by atoms with van der Waals surface area (Å²) in [6.45, 7) is 4.41. The molecule has 2 saturated heterocycles. The van der Waals surface area contributed by atoms with E-state index in [-0.39, 0.29) is 29.5 Å². The van der Waals surface area contributed by atoms with Crippen LogP contribution < -0.4 is 5.32 Å². The first-order valence-electron chi connectivity index (χ1n) is 12.4. The van der Waals surface area contributed by atoms with Crippen molar-refractivity contribution >= 4 is 46.8 Å². The topological polar surface area (TPSA) is 136 Å². The van der Waals surface area contributed by atoms with Crippen molar-refractivity contribution in [3.63, 3.8) is 0 Å². The van der Waals surface area contributed by atoms with Crippen molar-refractivity contribution < 1.29 is 42.3 Å². The molecule has 0 spiro atoms. The summed E-state index contributed by atoms with van der Waals surface area (Å²) < 4.78 is 46.3. The number of benzene rings is 1. The van der Waals surface area contributed by atoms with Crippen LogP contribution in [0.25, 0.3) is 10.1 Å². The fraction of sp³-hybridized carbons (Fsp3) is 0.542. The van der Waals surface area contributed by atoms with Crippen LogP contribution in [0, 0.1) is 0 Å². The predicted octanol–water partition coefficient (Wildman–Crippen LogP) is 3.44. The molecule has 2 aliphatic rings. The van der Waals surface area contributed by atoms with E-state index < -0.39 is 48.7 Å². The molecule has 2 aliphatic heterocycles. The molecular formula is C24H30F2N3O7PS. The lowest BCUT2D eigenvalue weighted by Gasteiger charge is -2.37. The molecular weight excluding hydrogens is 543 g/mol. The minimum Gasteiger partial charge on any atom is -0.480 e. The van der Waals surface area contributed by atoms with Crippen molar-refractivity contribution in [3.8, 4) is 0 Å². The largest absolute Gasteiger partial charge is 0.480 e. The summed E-state index contributed by atoms with van der Waals surface area (Å²) in [6, 6.07) is 2.61. The predicted molar refractivity (Wildman–Crippen MR) is 136 cm³/mol. The quantitative estimate of drug-likeness (QED) is 0.409. The van der Waals surface area contributed by atoms with Crippen molar-refractivity contribution in [3.05, 3.63) is 34.7 Å². The summed E-state index contributed by atoms with van der Waals surface area (Å²) in [7, 11) is -5.27. The van der Waals surface area contributed by atoms with E-state index >= 15 is 0 Å². The van der Waals surface area contributed by atoms with Gasteiger partial charge in [0.1, 0.15) is 12.1 Å². The smallest absolute Gasteiger partial charge is 0.401 e. The highest BCUT2D eigenvalue weighted by atomic mass is 32.1. The molecule has 208 valence electrons. The van der Waals surface area contributed by atoms with Gasteiger partial charge in [-0.2, -0.15) is 8.78 Å². The Morgan fingerprint density at radius 3 is 2.63 bits per heavy atom. The second kappa shape index (κ2) is 11.0. The number of hydrogen-bond donors (Lipinski definition) is 3. The van der Waals surface area contributed by atoms with Gasteiger partial charge in [-0.25, -0.2) is 4.79 Å². The summed E-state index contributed by atoms with van der Waals surface area (Å²) in [4.78, 5) is 51.7. The maximum Gasteiger partial charge on any atom is 0.401 e. The van der Waals surface area contributed by atoms with E-state index in [4.69, 9.17) is 0 Å². The van der Waals surface area contributed by atoms with Crippen molar-refractivity contribution in [2.45, 2.75) is 56.9 Å². The van der Waals surface area contributed by atoms with Crippen LogP contribution in [-0.2, 0) is 24.3 Å². The van der Waals surface area contributed by atoms with Gasteiger partial charge in [0.25, 0.3) is 5.91 Å². The molecule has 3 N–H and O–H groups in total. The number of rotatable bonds is 8. The van der Waals surface area contributed by atoms with Gasteiger partial charge in [0.15, 0.2) is 0 Å². The standard InChI is InChI=1S/C24H30F2N3O7PS/c1-3-28-10-9-16-6-7-18(23(32)33)29(16)22(31)17(13-28)27-21(30)20-12-14-11-15(5-8-19(14)38-20)24(25,26)37(34,35)36-4-2/h5,8,11-12,16-18H,3-4,6-7,9-10,13H2,1-2H3,(H,27,30)(H,32,33)(H,34,35)/t16-,17+,18+/m1/s1. The Hall–Kier alpha value is -2.44. The van der Waals surface area contributed by atoms with Crippen LogP contribution in [0.15, 0.2) is 24.3 Å². The number of nitrogens with zero attached hydrogens (tertiary/aromatic N) is 2. The van der Waals surface area contributed by atoms with E-state index in [2.05, 4.69) is 9.84 Å². The average molecular weight is 574 g/mol. The number of fused-ring (bicyclic) bond motifs is 2. The molecule has 4 rings (SSSR count). The zero-order chi connectivity index (χ0) is 27.8. The van der Waals surface area contributed by atoms with Gasteiger partial charge in [0.2, 0.25) is 5.91 Å². The van der Waals surface area contributed by atoms with Gasteiger partial charge < -0.3 is 29.6 Å². The Bertz CT molecular complexity index is 1290. The van der Waals surface area contributed by atoms with Gasteiger partial charge in [-0.05, 0) is 56.3 Å². The number of carboxylic acid groups (broad SMARTS) is 1. The normalized spacial score (nSPS) is 24.5. The molecule has 10 nitrogen and oxygen atoms in total. The molecule has 1 aromatic heterocycles. The Morgan fingerprint density at radius 1 is 1.24 bits per heavy atom. The lowest BCUT2D eigenvalue weighted by Crippen LogP contribution is -2.59.